The van der Waals surface area contributed by atoms with Gasteiger partial charge in [0.2, 0.25) is 0 Å². The maximum atomic E-state index is 3.68. The molecule has 0 radical (unpaired) electrons. The van der Waals surface area contributed by atoms with E-state index in [4.69, 9.17) is 0 Å². The van der Waals surface area contributed by atoms with Crippen molar-refractivity contribution in [2.24, 2.45) is 5.92 Å². The van der Waals surface area contributed by atoms with Crippen LogP contribution in [0.5, 0.6) is 0 Å². The van der Waals surface area contributed by atoms with E-state index in [1.54, 1.807) is 0 Å². The van der Waals surface area contributed by atoms with Crippen LogP contribution in [0.1, 0.15) is 65.7 Å². The van der Waals surface area contributed by atoms with Gasteiger partial charge >= 0.3 is 0 Å². The van der Waals surface area contributed by atoms with Crippen LogP contribution in [0.15, 0.2) is 0 Å². The maximum absolute atomic E-state index is 3.68. The Labute approximate surface area is 115 Å². The van der Waals surface area contributed by atoms with E-state index >= 15 is 0 Å². The summed E-state index contributed by atoms with van der Waals surface area (Å²) in [6, 6.07) is 0.697. The first-order valence-corrected chi connectivity index (χ1v) is 8.18. The van der Waals surface area contributed by atoms with Crippen molar-refractivity contribution in [3.05, 3.63) is 0 Å². The third-order valence-corrected chi connectivity index (χ3v) is 4.27. The topological polar surface area (TPSA) is 15.3 Å². The van der Waals surface area contributed by atoms with E-state index in [2.05, 4.69) is 31.0 Å². The minimum absolute atomic E-state index is 0.697. The second-order valence-electron chi connectivity index (χ2n) is 6.23. The summed E-state index contributed by atoms with van der Waals surface area (Å²) < 4.78 is 0. The average molecular weight is 254 g/mol. The molecule has 0 aromatic carbocycles. The molecule has 2 heteroatoms. The number of hydrogen-bond acceptors (Lipinski definition) is 2. The van der Waals surface area contributed by atoms with Gasteiger partial charge in [0.1, 0.15) is 0 Å². The lowest BCUT2D eigenvalue weighted by atomic mass is 10.0. The van der Waals surface area contributed by atoms with E-state index in [1.165, 1.54) is 71.1 Å². The van der Waals surface area contributed by atoms with Gasteiger partial charge in [-0.1, -0.05) is 33.1 Å². The second kappa shape index (κ2) is 9.80. The molecule has 2 nitrogen and oxygen atoms in total. The quantitative estimate of drug-likeness (QED) is 0.665. The molecule has 1 rings (SSSR count). The molecule has 1 N–H and O–H groups in total. The standard InChI is InChI=1S/C16H34N2/c1-4-5-6-9-16(3)17-11-14-18-12-7-8-15(2)10-13-18/h15-17H,4-14H2,1-3H3. The zero-order valence-electron chi connectivity index (χ0n) is 12.9. The Kier molecular flexibility index (Phi) is 8.70. The zero-order valence-corrected chi connectivity index (χ0v) is 12.9. The van der Waals surface area contributed by atoms with Crippen LogP contribution in [0.25, 0.3) is 0 Å². The van der Waals surface area contributed by atoms with E-state index in [9.17, 15) is 0 Å². The van der Waals surface area contributed by atoms with Gasteiger partial charge in [0.15, 0.2) is 0 Å². The predicted octanol–water partition coefficient (Wildman–Crippen LogP) is 3.67. The van der Waals surface area contributed by atoms with Crippen LogP contribution in [-0.4, -0.2) is 37.1 Å². The fourth-order valence-electron chi connectivity index (χ4n) is 2.82. The number of nitrogens with one attached hydrogen (secondary N) is 1. The largest absolute Gasteiger partial charge is 0.313 e. The summed E-state index contributed by atoms with van der Waals surface area (Å²) in [6.07, 6.45) is 9.65. The molecule has 2 unspecified atom stereocenters. The fraction of sp³-hybridized carbons (Fsp3) is 1.00. The Morgan fingerprint density at radius 1 is 1.22 bits per heavy atom. The molecule has 1 fully saturated rings. The summed E-state index contributed by atoms with van der Waals surface area (Å²) in [5.41, 5.74) is 0. The number of nitrogens with zero attached hydrogens (tertiary/aromatic N) is 1. The first-order chi connectivity index (χ1) is 8.72. The first kappa shape index (κ1) is 16.0. The average Bonchev–Trinajstić information content (AvgIpc) is 2.55. The lowest BCUT2D eigenvalue weighted by Gasteiger charge is -2.21. The number of likely N-dealkylation sites (tertiary alicyclic amines) is 1. The van der Waals surface area contributed by atoms with Crippen LogP contribution in [0.4, 0.5) is 0 Å². The van der Waals surface area contributed by atoms with Crippen LogP contribution >= 0.6 is 0 Å². The summed E-state index contributed by atoms with van der Waals surface area (Å²) in [6.45, 7) is 12.0. The Morgan fingerprint density at radius 3 is 2.83 bits per heavy atom. The Morgan fingerprint density at radius 2 is 2.06 bits per heavy atom. The highest BCUT2D eigenvalue weighted by molar-refractivity contribution is 4.69. The van der Waals surface area contributed by atoms with Crippen molar-refractivity contribution in [3.63, 3.8) is 0 Å². The lowest BCUT2D eigenvalue weighted by molar-refractivity contribution is 0.275. The molecule has 0 spiro atoms. The van der Waals surface area contributed by atoms with Gasteiger partial charge in [-0.25, -0.2) is 0 Å². The minimum Gasteiger partial charge on any atom is -0.313 e. The molecule has 1 aliphatic heterocycles. The van der Waals surface area contributed by atoms with Crippen LogP contribution in [0.3, 0.4) is 0 Å². The highest BCUT2D eigenvalue weighted by Crippen LogP contribution is 2.15. The van der Waals surface area contributed by atoms with Gasteiger partial charge in [0, 0.05) is 19.1 Å². The Bertz CT molecular complexity index is 194. The van der Waals surface area contributed by atoms with E-state index in [0.717, 1.165) is 5.92 Å². The summed E-state index contributed by atoms with van der Waals surface area (Å²) in [5, 5.41) is 3.68. The molecule has 108 valence electrons. The van der Waals surface area contributed by atoms with Gasteiger partial charge in [0.25, 0.3) is 0 Å². The monoisotopic (exact) mass is 254 g/mol. The van der Waals surface area contributed by atoms with Crippen molar-refractivity contribution in [2.45, 2.75) is 71.8 Å². The molecule has 0 saturated carbocycles. The minimum atomic E-state index is 0.697. The Balaban J connectivity index is 2.02. The third-order valence-electron chi connectivity index (χ3n) is 4.27. The van der Waals surface area contributed by atoms with Crippen LogP contribution in [0.2, 0.25) is 0 Å². The molecule has 1 saturated heterocycles. The predicted molar refractivity (Wildman–Crippen MR) is 81.1 cm³/mol. The van der Waals surface area contributed by atoms with Crippen LogP contribution in [-0.2, 0) is 0 Å². The molecule has 0 aromatic rings. The smallest absolute Gasteiger partial charge is 0.0107 e. The van der Waals surface area contributed by atoms with Crippen LogP contribution in [0, 0.1) is 5.92 Å². The van der Waals surface area contributed by atoms with Gasteiger partial charge in [-0.2, -0.15) is 0 Å². The molecule has 0 aromatic heterocycles. The van der Waals surface area contributed by atoms with Gasteiger partial charge in [-0.05, 0) is 51.6 Å². The summed E-state index contributed by atoms with van der Waals surface area (Å²) in [5.74, 6) is 0.941. The number of rotatable bonds is 8. The second-order valence-corrected chi connectivity index (χ2v) is 6.23. The van der Waals surface area contributed by atoms with E-state index in [1.807, 2.05) is 0 Å². The highest BCUT2D eigenvalue weighted by atomic mass is 15.1. The van der Waals surface area contributed by atoms with E-state index < -0.39 is 0 Å². The molecular formula is C16H34N2. The molecule has 0 bridgehead atoms. The molecule has 1 heterocycles. The number of hydrogen-bond donors (Lipinski definition) is 1. The van der Waals surface area contributed by atoms with Gasteiger partial charge < -0.3 is 10.2 Å². The molecule has 2 atom stereocenters. The van der Waals surface area contributed by atoms with Gasteiger partial charge in [-0.3, -0.25) is 0 Å². The Hall–Kier alpha value is -0.0800. The van der Waals surface area contributed by atoms with Gasteiger partial charge in [0.05, 0.1) is 0 Å². The van der Waals surface area contributed by atoms with E-state index in [-0.39, 0.29) is 0 Å². The van der Waals surface area contributed by atoms with Crippen molar-refractivity contribution in [3.8, 4) is 0 Å². The summed E-state index contributed by atoms with van der Waals surface area (Å²) >= 11 is 0. The van der Waals surface area contributed by atoms with Crippen LogP contribution < -0.4 is 5.32 Å². The van der Waals surface area contributed by atoms with Crippen molar-refractivity contribution in [1.29, 1.82) is 0 Å². The van der Waals surface area contributed by atoms with Crippen molar-refractivity contribution < 1.29 is 0 Å². The molecular weight excluding hydrogens is 220 g/mol. The summed E-state index contributed by atoms with van der Waals surface area (Å²) in [4.78, 5) is 2.65. The maximum Gasteiger partial charge on any atom is 0.0107 e. The SMILES string of the molecule is CCCCCC(C)NCCN1CCCC(C)CC1. The molecule has 1 aliphatic rings. The molecule has 18 heavy (non-hydrogen) atoms. The fourth-order valence-corrected chi connectivity index (χ4v) is 2.82. The van der Waals surface area contributed by atoms with Crippen molar-refractivity contribution >= 4 is 0 Å². The van der Waals surface area contributed by atoms with Crippen molar-refractivity contribution in [1.82, 2.24) is 10.2 Å². The molecule has 0 amide bonds. The van der Waals surface area contributed by atoms with Gasteiger partial charge in [-0.15, -0.1) is 0 Å². The highest BCUT2D eigenvalue weighted by Gasteiger charge is 2.13. The van der Waals surface area contributed by atoms with E-state index in [0.29, 0.717) is 6.04 Å². The zero-order chi connectivity index (χ0) is 13.2. The van der Waals surface area contributed by atoms with Crippen molar-refractivity contribution in [2.75, 3.05) is 26.2 Å². The first-order valence-electron chi connectivity index (χ1n) is 8.18. The number of unbranched alkanes of at least 4 members (excludes halogenated alkanes) is 2. The lowest BCUT2D eigenvalue weighted by Crippen LogP contribution is -2.36. The normalized spacial score (nSPS) is 23.8. The third kappa shape index (κ3) is 7.38. The summed E-state index contributed by atoms with van der Waals surface area (Å²) in [7, 11) is 0. The molecule has 0 aliphatic carbocycles.